The van der Waals surface area contributed by atoms with Gasteiger partial charge in [0.05, 0.1) is 31.2 Å². The molecule has 2 aromatic carbocycles. The monoisotopic (exact) mass is 570 g/mol. The fourth-order valence-corrected chi connectivity index (χ4v) is 5.69. The quantitative estimate of drug-likeness (QED) is 0.414. The first kappa shape index (κ1) is 28.5. The van der Waals surface area contributed by atoms with E-state index in [1.54, 1.807) is 18.2 Å². The maximum absolute atomic E-state index is 14.3. The zero-order valence-electron chi connectivity index (χ0n) is 23.3. The molecule has 2 heterocycles. The van der Waals surface area contributed by atoms with Crippen LogP contribution in [0.5, 0.6) is 11.5 Å². The van der Waals surface area contributed by atoms with Crippen LogP contribution >= 0.6 is 0 Å². The number of anilines is 1. The summed E-state index contributed by atoms with van der Waals surface area (Å²) >= 11 is 0. The number of fused-ring (bicyclic) bond motifs is 1. The topological polar surface area (TPSA) is 85.7 Å². The minimum Gasteiger partial charge on any atom is -0.497 e. The first-order chi connectivity index (χ1) is 19.6. The maximum Gasteiger partial charge on any atom is 0.418 e. The molecule has 3 aromatic rings. The minimum atomic E-state index is -4.71. The van der Waals surface area contributed by atoms with Crippen LogP contribution in [0.2, 0.25) is 0 Å². The summed E-state index contributed by atoms with van der Waals surface area (Å²) in [6, 6.07) is 8.85. The fourth-order valence-electron chi connectivity index (χ4n) is 5.69. The molecule has 5 rings (SSSR count). The summed E-state index contributed by atoms with van der Waals surface area (Å²) in [5, 5.41) is 7.56. The number of nitrogens with one attached hydrogen (secondary N) is 1. The Hall–Kier alpha value is -4.02. The molecule has 0 bridgehead atoms. The lowest BCUT2D eigenvalue weighted by Gasteiger charge is -2.23. The fraction of sp³-hybridized carbons (Fsp3) is 0.433. The Balaban J connectivity index is 1.62. The second kappa shape index (κ2) is 11.5. The van der Waals surface area contributed by atoms with Crippen LogP contribution in [0, 0.1) is 0 Å². The first-order valence-corrected chi connectivity index (χ1v) is 13.8. The van der Waals surface area contributed by atoms with Crippen LogP contribution in [0.3, 0.4) is 0 Å². The van der Waals surface area contributed by atoms with Crippen molar-refractivity contribution >= 4 is 11.6 Å². The summed E-state index contributed by atoms with van der Waals surface area (Å²) in [4.78, 5) is 27.7. The highest BCUT2D eigenvalue weighted by atomic mass is 19.4. The average molecular weight is 571 g/mol. The molecule has 1 aliphatic heterocycles. The lowest BCUT2D eigenvalue weighted by molar-refractivity contribution is -0.137. The van der Waals surface area contributed by atoms with Crippen molar-refractivity contribution in [3.63, 3.8) is 0 Å². The van der Waals surface area contributed by atoms with Crippen LogP contribution in [0.25, 0.3) is 16.9 Å². The molecular formula is C30H33F3N4O4. The molecule has 8 nitrogen and oxygen atoms in total. The highest BCUT2D eigenvalue weighted by Gasteiger charge is 2.36. The number of carbonyl (C=O) groups excluding carboxylic acids is 1. The van der Waals surface area contributed by atoms with E-state index in [1.807, 2.05) is 11.8 Å². The molecule has 1 amide bonds. The van der Waals surface area contributed by atoms with Crippen LogP contribution in [-0.4, -0.2) is 49.0 Å². The molecule has 0 spiro atoms. The molecular weight excluding hydrogens is 537 g/mol. The van der Waals surface area contributed by atoms with Crippen molar-refractivity contribution < 1.29 is 27.4 Å². The largest absolute Gasteiger partial charge is 0.497 e. The molecule has 218 valence electrons. The van der Waals surface area contributed by atoms with Crippen LogP contribution in [0.1, 0.15) is 49.3 Å². The SMILES string of the molecule is CCCC(=O)N[C@@H]1CCN(c2ccc(C(F)(F)F)c(-n3nc(-c4cc(OC)cc(OC)c4)c4c(c3=O)CCC4)c2)C1. The number of carbonyl (C=O) groups is 1. The summed E-state index contributed by atoms with van der Waals surface area (Å²) in [6.07, 6.45) is -1.13. The molecule has 11 heteroatoms. The molecule has 41 heavy (non-hydrogen) atoms. The van der Waals surface area contributed by atoms with Gasteiger partial charge in [-0.1, -0.05) is 6.92 Å². The van der Waals surface area contributed by atoms with Crippen LogP contribution in [0.4, 0.5) is 18.9 Å². The minimum absolute atomic E-state index is 0.0388. The summed E-state index contributed by atoms with van der Waals surface area (Å²) in [7, 11) is 3.02. The summed E-state index contributed by atoms with van der Waals surface area (Å²) in [6.45, 7) is 2.94. The van der Waals surface area contributed by atoms with Crippen molar-refractivity contribution in [3.05, 3.63) is 63.4 Å². The van der Waals surface area contributed by atoms with Gasteiger partial charge in [-0.05, 0) is 68.0 Å². The van der Waals surface area contributed by atoms with Gasteiger partial charge in [0.25, 0.3) is 5.56 Å². The summed E-state index contributed by atoms with van der Waals surface area (Å²) in [5.41, 5.74) is 0.908. The number of nitrogens with zero attached hydrogens (tertiary/aromatic N) is 3. The Kier molecular flexibility index (Phi) is 7.97. The number of rotatable bonds is 8. The lowest BCUT2D eigenvalue weighted by Crippen LogP contribution is -2.37. The van der Waals surface area contributed by atoms with E-state index in [9.17, 15) is 22.8 Å². The number of benzene rings is 2. The molecule has 0 radical (unpaired) electrons. The van der Waals surface area contributed by atoms with Crippen molar-refractivity contribution in [2.75, 3.05) is 32.2 Å². The van der Waals surface area contributed by atoms with Crippen molar-refractivity contribution in [2.24, 2.45) is 0 Å². The number of aromatic nitrogens is 2. The third kappa shape index (κ3) is 5.75. The normalized spacial score (nSPS) is 16.5. The molecule has 0 unspecified atom stereocenters. The van der Waals surface area contributed by atoms with Crippen LogP contribution in [-0.2, 0) is 23.8 Å². The zero-order chi connectivity index (χ0) is 29.3. The van der Waals surface area contributed by atoms with E-state index in [0.717, 1.165) is 22.7 Å². The third-order valence-electron chi connectivity index (χ3n) is 7.69. The molecule has 1 aliphatic carbocycles. The Bertz CT molecular complexity index is 1500. The Morgan fingerprint density at radius 3 is 2.44 bits per heavy atom. The van der Waals surface area contributed by atoms with Crippen molar-refractivity contribution in [1.29, 1.82) is 0 Å². The summed E-state index contributed by atoms with van der Waals surface area (Å²) < 4.78 is 54.6. The highest BCUT2D eigenvalue weighted by molar-refractivity contribution is 5.76. The number of hydrogen-bond acceptors (Lipinski definition) is 6. The van der Waals surface area contributed by atoms with E-state index in [1.165, 1.54) is 26.4 Å². The van der Waals surface area contributed by atoms with Crippen LogP contribution in [0.15, 0.2) is 41.2 Å². The van der Waals surface area contributed by atoms with Crippen molar-refractivity contribution in [2.45, 2.75) is 57.7 Å². The molecule has 1 fully saturated rings. The Morgan fingerprint density at radius 1 is 1.07 bits per heavy atom. The van der Waals surface area contributed by atoms with E-state index < -0.39 is 17.3 Å². The number of amides is 1. The predicted molar refractivity (Wildman–Crippen MR) is 149 cm³/mol. The summed E-state index contributed by atoms with van der Waals surface area (Å²) in [5.74, 6) is 0.958. The Labute approximate surface area is 236 Å². The van der Waals surface area contributed by atoms with Gasteiger partial charge in [0, 0.05) is 48.4 Å². The van der Waals surface area contributed by atoms with E-state index >= 15 is 0 Å². The zero-order valence-corrected chi connectivity index (χ0v) is 23.3. The van der Waals surface area contributed by atoms with Gasteiger partial charge in [0.15, 0.2) is 0 Å². The van der Waals surface area contributed by atoms with Gasteiger partial charge >= 0.3 is 6.18 Å². The van der Waals surface area contributed by atoms with E-state index in [4.69, 9.17) is 9.47 Å². The molecule has 1 saturated heterocycles. The van der Waals surface area contributed by atoms with Gasteiger partial charge in [0.1, 0.15) is 11.5 Å². The standard InChI is InChI=1S/C30H33F3N4O4/c1-4-6-27(38)34-19-11-12-36(17-19)20-9-10-25(30(31,32)33)26(15-20)37-29(39)24-8-5-7-23(24)28(35-37)18-13-21(40-2)16-22(14-18)41-3/h9-10,13-16,19H,4-8,11-12,17H2,1-3H3,(H,34,38)/t19-/m1/s1. The van der Waals surface area contributed by atoms with Crippen molar-refractivity contribution in [1.82, 2.24) is 15.1 Å². The molecule has 1 aromatic heterocycles. The molecule has 1 N–H and O–H groups in total. The smallest absolute Gasteiger partial charge is 0.418 e. The van der Waals surface area contributed by atoms with Gasteiger partial charge in [-0.3, -0.25) is 9.59 Å². The molecule has 2 aliphatic rings. The molecule has 0 saturated carbocycles. The number of hydrogen-bond donors (Lipinski definition) is 1. The number of ether oxygens (including phenoxy) is 2. The van der Waals surface area contributed by atoms with E-state index in [0.29, 0.717) is 79.2 Å². The predicted octanol–water partition coefficient (Wildman–Crippen LogP) is 4.92. The average Bonchev–Trinajstić information content (AvgIpc) is 3.63. The van der Waals surface area contributed by atoms with E-state index in [2.05, 4.69) is 10.4 Å². The van der Waals surface area contributed by atoms with Gasteiger partial charge in [-0.2, -0.15) is 23.0 Å². The van der Waals surface area contributed by atoms with Gasteiger partial charge < -0.3 is 19.7 Å². The van der Waals surface area contributed by atoms with E-state index in [-0.39, 0.29) is 17.6 Å². The molecule has 1 atom stereocenters. The second-order valence-corrected chi connectivity index (χ2v) is 10.4. The van der Waals surface area contributed by atoms with Gasteiger partial charge in [0.2, 0.25) is 5.91 Å². The first-order valence-electron chi connectivity index (χ1n) is 13.8. The number of methoxy groups -OCH3 is 2. The van der Waals surface area contributed by atoms with Gasteiger partial charge in [-0.25, -0.2) is 0 Å². The number of halogens is 3. The highest BCUT2D eigenvalue weighted by Crippen LogP contribution is 2.38. The Morgan fingerprint density at radius 2 is 1.78 bits per heavy atom. The second-order valence-electron chi connectivity index (χ2n) is 10.4. The third-order valence-corrected chi connectivity index (χ3v) is 7.69. The lowest BCUT2D eigenvalue weighted by atomic mass is 10.0. The van der Waals surface area contributed by atoms with Crippen LogP contribution < -0.4 is 25.2 Å². The number of alkyl halides is 3. The van der Waals surface area contributed by atoms with Crippen molar-refractivity contribution in [3.8, 4) is 28.4 Å². The van der Waals surface area contributed by atoms with Gasteiger partial charge in [-0.15, -0.1) is 0 Å². The maximum atomic E-state index is 14.3.